The minimum absolute atomic E-state index is 0. The number of nitrogens with zero attached hydrogens (tertiary/aromatic N) is 1. The molecule has 2 unspecified atom stereocenters. The molecule has 1 fully saturated rings. The van der Waals surface area contributed by atoms with Crippen molar-refractivity contribution in [1.82, 2.24) is 10.2 Å². The van der Waals surface area contributed by atoms with Gasteiger partial charge in [0.2, 0.25) is 5.91 Å². The maximum atomic E-state index is 12.9. The van der Waals surface area contributed by atoms with Gasteiger partial charge in [-0.3, -0.25) is 4.79 Å². The summed E-state index contributed by atoms with van der Waals surface area (Å²) in [5.74, 6) is -0.00733. The third-order valence-electron chi connectivity index (χ3n) is 3.93. The fraction of sp³-hybridized carbons (Fsp3) is 0.533. The third kappa shape index (κ3) is 3.93. The summed E-state index contributed by atoms with van der Waals surface area (Å²) in [4.78, 5) is 14.2. The molecule has 2 rings (SSSR count). The van der Waals surface area contributed by atoms with Gasteiger partial charge in [-0.05, 0) is 44.0 Å². The number of carbonyl (C=O) groups excluding carboxylic acids is 1. The van der Waals surface area contributed by atoms with Gasteiger partial charge in [0.25, 0.3) is 0 Å². The molecule has 1 aliphatic rings. The molecule has 0 saturated carbocycles. The van der Waals surface area contributed by atoms with Crippen LogP contribution >= 0.6 is 12.4 Å². The molecule has 0 aliphatic carbocycles. The van der Waals surface area contributed by atoms with E-state index in [9.17, 15) is 9.18 Å². The lowest BCUT2D eigenvalue weighted by molar-refractivity contribution is -0.136. The Hall–Kier alpha value is -1.13. The van der Waals surface area contributed by atoms with Gasteiger partial charge in [-0.1, -0.05) is 12.1 Å². The summed E-state index contributed by atoms with van der Waals surface area (Å²) in [6.07, 6.45) is 2.00. The standard InChI is InChI=1S/C15H21FN2O.ClH/c1-11(12-5-7-14(16)8-6-12)18(2)15(19)13-4-3-9-17-10-13;/h5-8,11,13,17H,3-4,9-10H2,1-2H3;1H. The van der Waals surface area contributed by atoms with Crippen LogP contribution in [-0.2, 0) is 4.79 Å². The minimum Gasteiger partial charge on any atom is -0.339 e. The van der Waals surface area contributed by atoms with Crippen molar-refractivity contribution in [3.63, 3.8) is 0 Å². The summed E-state index contributed by atoms with van der Waals surface area (Å²) >= 11 is 0. The molecule has 1 aromatic rings. The Balaban J connectivity index is 0.00000200. The van der Waals surface area contributed by atoms with E-state index in [4.69, 9.17) is 0 Å². The fourth-order valence-corrected chi connectivity index (χ4v) is 2.51. The quantitative estimate of drug-likeness (QED) is 0.931. The third-order valence-corrected chi connectivity index (χ3v) is 3.93. The predicted octanol–water partition coefficient (Wildman–Crippen LogP) is 2.77. The lowest BCUT2D eigenvalue weighted by Crippen LogP contribution is -2.42. The van der Waals surface area contributed by atoms with E-state index in [-0.39, 0.29) is 36.1 Å². The molecule has 0 radical (unpaired) electrons. The molecule has 0 aromatic heterocycles. The van der Waals surface area contributed by atoms with Crippen LogP contribution in [0.3, 0.4) is 0 Å². The first-order valence-corrected chi connectivity index (χ1v) is 6.82. The molecule has 1 heterocycles. The molecule has 0 spiro atoms. The van der Waals surface area contributed by atoms with Crippen LogP contribution < -0.4 is 5.32 Å². The number of amides is 1. The Morgan fingerprint density at radius 2 is 2.05 bits per heavy atom. The van der Waals surface area contributed by atoms with E-state index >= 15 is 0 Å². The van der Waals surface area contributed by atoms with Crippen LogP contribution in [0.1, 0.15) is 31.4 Å². The van der Waals surface area contributed by atoms with Crippen LogP contribution in [0, 0.1) is 11.7 Å². The van der Waals surface area contributed by atoms with Crippen LogP contribution in [0.15, 0.2) is 24.3 Å². The molecule has 3 nitrogen and oxygen atoms in total. The minimum atomic E-state index is -0.249. The number of hydrogen-bond donors (Lipinski definition) is 1. The van der Waals surface area contributed by atoms with Gasteiger partial charge in [-0.15, -0.1) is 12.4 Å². The van der Waals surface area contributed by atoms with Crippen molar-refractivity contribution in [3.8, 4) is 0 Å². The lowest BCUT2D eigenvalue weighted by Gasteiger charge is -2.31. The highest BCUT2D eigenvalue weighted by atomic mass is 35.5. The van der Waals surface area contributed by atoms with Crippen molar-refractivity contribution in [2.45, 2.75) is 25.8 Å². The van der Waals surface area contributed by atoms with Crippen molar-refractivity contribution in [2.75, 3.05) is 20.1 Å². The highest BCUT2D eigenvalue weighted by Crippen LogP contribution is 2.22. The molecule has 20 heavy (non-hydrogen) atoms. The Morgan fingerprint density at radius 1 is 1.40 bits per heavy atom. The molecular weight excluding hydrogens is 279 g/mol. The summed E-state index contributed by atoms with van der Waals surface area (Å²) in [6, 6.07) is 6.32. The molecule has 1 aliphatic heterocycles. The first-order chi connectivity index (χ1) is 9.09. The number of hydrogen-bond acceptors (Lipinski definition) is 2. The molecule has 1 aromatic carbocycles. The predicted molar refractivity (Wildman–Crippen MR) is 80.4 cm³/mol. The van der Waals surface area contributed by atoms with Gasteiger partial charge in [0.15, 0.2) is 0 Å². The van der Waals surface area contributed by atoms with Gasteiger partial charge >= 0.3 is 0 Å². The molecule has 5 heteroatoms. The maximum absolute atomic E-state index is 12.9. The smallest absolute Gasteiger partial charge is 0.227 e. The number of piperidine rings is 1. The Bertz CT molecular complexity index is 432. The SMILES string of the molecule is CC(c1ccc(F)cc1)N(C)C(=O)C1CCCNC1.Cl. The summed E-state index contributed by atoms with van der Waals surface area (Å²) in [7, 11) is 1.82. The van der Waals surface area contributed by atoms with E-state index < -0.39 is 0 Å². The lowest BCUT2D eigenvalue weighted by atomic mass is 9.97. The Morgan fingerprint density at radius 3 is 2.60 bits per heavy atom. The summed E-state index contributed by atoms with van der Waals surface area (Å²) in [5.41, 5.74) is 0.959. The van der Waals surface area contributed by atoms with Gasteiger partial charge < -0.3 is 10.2 Å². The second kappa shape index (κ2) is 7.60. The van der Waals surface area contributed by atoms with Crippen LogP contribution in [0.5, 0.6) is 0 Å². The van der Waals surface area contributed by atoms with Crippen molar-refractivity contribution in [3.05, 3.63) is 35.6 Å². The maximum Gasteiger partial charge on any atom is 0.227 e. The largest absolute Gasteiger partial charge is 0.339 e. The number of halogens is 2. The monoisotopic (exact) mass is 300 g/mol. The molecule has 1 saturated heterocycles. The van der Waals surface area contributed by atoms with Crippen LogP contribution in [0.2, 0.25) is 0 Å². The molecule has 2 atom stereocenters. The zero-order valence-electron chi connectivity index (χ0n) is 11.9. The van der Waals surface area contributed by atoms with Crippen molar-refractivity contribution in [1.29, 1.82) is 0 Å². The van der Waals surface area contributed by atoms with Crippen LogP contribution in [-0.4, -0.2) is 30.9 Å². The molecule has 1 N–H and O–H groups in total. The fourth-order valence-electron chi connectivity index (χ4n) is 2.51. The first kappa shape index (κ1) is 16.9. The average Bonchev–Trinajstić information content (AvgIpc) is 2.46. The van der Waals surface area contributed by atoms with E-state index in [2.05, 4.69) is 5.32 Å². The number of carbonyl (C=O) groups is 1. The van der Waals surface area contributed by atoms with Gasteiger partial charge in [-0.25, -0.2) is 4.39 Å². The van der Waals surface area contributed by atoms with Crippen molar-refractivity contribution >= 4 is 18.3 Å². The van der Waals surface area contributed by atoms with Crippen LogP contribution in [0.25, 0.3) is 0 Å². The van der Waals surface area contributed by atoms with E-state index in [0.717, 1.165) is 31.5 Å². The van der Waals surface area contributed by atoms with Crippen molar-refractivity contribution < 1.29 is 9.18 Å². The van der Waals surface area contributed by atoms with Crippen LogP contribution in [0.4, 0.5) is 4.39 Å². The van der Waals surface area contributed by atoms with E-state index in [1.165, 1.54) is 12.1 Å². The zero-order valence-corrected chi connectivity index (χ0v) is 12.8. The summed E-state index contributed by atoms with van der Waals surface area (Å²) in [6.45, 7) is 3.74. The van der Waals surface area contributed by atoms with Gasteiger partial charge in [0, 0.05) is 13.6 Å². The Kier molecular flexibility index (Phi) is 6.43. The normalized spacial score (nSPS) is 19.9. The second-order valence-electron chi connectivity index (χ2n) is 5.22. The average molecular weight is 301 g/mol. The molecule has 1 amide bonds. The van der Waals surface area contributed by atoms with Gasteiger partial charge in [0.1, 0.15) is 5.82 Å². The zero-order chi connectivity index (χ0) is 13.8. The Labute approximate surface area is 125 Å². The highest BCUT2D eigenvalue weighted by molar-refractivity contribution is 5.85. The van der Waals surface area contributed by atoms with Gasteiger partial charge in [0.05, 0.1) is 12.0 Å². The second-order valence-corrected chi connectivity index (χ2v) is 5.22. The number of rotatable bonds is 3. The number of benzene rings is 1. The van der Waals surface area contributed by atoms with E-state index in [0.29, 0.717) is 0 Å². The molecular formula is C15H22ClFN2O. The molecule has 112 valence electrons. The number of nitrogens with one attached hydrogen (secondary N) is 1. The topological polar surface area (TPSA) is 32.3 Å². The molecule has 0 bridgehead atoms. The summed E-state index contributed by atoms with van der Waals surface area (Å²) in [5, 5.41) is 3.26. The first-order valence-electron chi connectivity index (χ1n) is 6.82. The van der Waals surface area contributed by atoms with E-state index in [1.807, 2.05) is 14.0 Å². The van der Waals surface area contributed by atoms with Crippen molar-refractivity contribution in [2.24, 2.45) is 5.92 Å². The summed E-state index contributed by atoms with van der Waals surface area (Å²) < 4.78 is 12.9. The van der Waals surface area contributed by atoms with E-state index in [1.54, 1.807) is 17.0 Å². The highest BCUT2D eigenvalue weighted by Gasteiger charge is 2.26. The van der Waals surface area contributed by atoms with Gasteiger partial charge in [-0.2, -0.15) is 0 Å².